The number of rotatable bonds is 6. The second-order valence-corrected chi connectivity index (χ2v) is 5.19. The Morgan fingerprint density at radius 2 is 1.94 bits per heavy atom. The van der Waals surface area contributed by atoms with Crippen LogP contribution in [-0.2, 0) is 0 Å². The van der Waals surface area contributed by atoms with E-state index in [4.69, 9.17) is 5.73 Å². The van der Waals surface area contributed by atoms with Crippen molar-refractivity contribution in [1.82, 2.24) is 4.90 Å². The number of hydrogen-bond donors (Lipinski definition) is 1. The molecule has 2 nitrogen and oxygen atoms in total. The Hall–Kier alpha value is -0.930. The van der Waals surface area contributed by atoms with Crippen molar-refractivity contribution in [2.24, 2.45) is 5.73 Å². The zero-order chi connectivity index (χ0) is 13.7. The van der Waals surface area contributed by atoms with Crippen LogP contribution < -0.4 is 5.73 Å². The van der Waals surface area contributed by atoms with Gasteiger partial charge in [0.1, 0.15) is 5.82 Å². The van der Waals surface area contributed by atoms with Gasteiger partial charge in [0.15, 0.2) is 0 Å². The van der Waals surface area contributed by atoms with Crippen molar-refractivity contribution in [2.75, 3.05) is 6.54 Å². The lowest BCUT2D eigenvalue weighted by Gasteiger charge is -2.37. The van der Waals surface area contributed by atoms with Crippen LogP contribution in [0.5, 0.6) is 0 Å². The zero-order valence-corrected chi connectivity index (χ0v) is 11.9. The summed E-state index contributed by atoms with van der Waals surface area (Å²) in [6.07, 6.45) is 1.07. The van der Waals surface area contributed by atoms with Gasteiger partial charge in [-0.25, -0.2) is 4.39 Å². The van der Waals surface area contributed by atoms with E-state index in [1.165, 1.54) is 6.07 Å². The summed E-state index contributed by atoms with van der Waals surface area (Å²) in [6.45, 7) is 9.43. The lowest BCUT2D eigenvalue weighted by atomic mass is 9.97. The van der Waals surface area contributed by atoms with Gasteiger partial charge in [0.2, 0.25) is 0 Å². The minimum atomic E-state index is -0.196. The van der Waals surface area contributed by atoms with Crippen LogP contribution in [0.2, 0.25) is 0 Å². The molecule has 0 aliphatic heterocycles. The first-order valence-electron chi connectivity index (χ1n) is 6.74. The predicted molar refractivity (Wildman–Crippen MR) is 74.9 cm³/mol. The van der Waals surface area contributed by atoms with Gasteiger partial charge >= 0.3 is 0 Å². The van der Waals surface area contributed by atoms with Gasteiger partial charge in [-0.3, -0.25) is 4.90 Å². The molecule has 0 spiro atoms. The number of nitrogens with two attached hydrogens (primary N) is 1. The Balaban J connectivity index is 3.07. The Bertz CT molecular complexity index is 363. The SMILES string of the molecule is CCCN(C(C)C)C(c1cccc(F)c1)C(C)N. The molecule has 0 saturated heterocycles. The third kappa shape index (κ3) is 3.79. The molecular formula is C15H25FN2. The molecule has 1 rings (SSSR count). The van der Waals surface area contributed by atoms with Gasteiger partial charge in [-0.1, -0.05) is 19.1 Å². The van der Waals surface area contributed by atoms with Crippen molar-refractivity contribution in [3.63, 3.8) is 0 Å². The molecule has 102 valence electrons. The van der Waals surface area contributed by atoms with Crippen LogP contribution in [0.25, 0.3) is 0 Å². The number of halogens is 1. The van der Waals surface area contributed by atoms with Crippen LogP contribution in [-0.4, -0.2) is 23.5 Å². The molecule has 1 aromatic carbocycles. The first-order valence-corrected chi connectivity index (χ1v) is 6.74. The van der Waals surface area contributed by atoms with Gasteiger partial charge in [-0.2, -0.15) is 0 Å². The number of hydrogen-bond acceptors (Lipinski definition) is 2. The fourth-order valence-corrected chi connectivity index (χ4v) is 2.46. The van der Waals surface area contributed by atoms with Crippen LogP contribution in [0.1, 0.15) is 45.7 Å². The fourth-order valence-electron chi connectivity index (χ4n) is 2.46. The van der Waals surface area contributed by atoms with E-state index >= 15 is 0 Å². The molecular weight excluding hydrogens is 227 g/mol. The molecule has 0 aliphatic carbocycles. The summed E-state index contributed by atoms with van der Waals surface area (Å²) in [5.41, 5.74) is 7.09. The standard InChI is InChI=1S/C15H25FN2/c1-5-9-18(11(2)3)15(12(4)17)13-7-6-8-14(16)10-13/h6-8,10-12,15H,5,9,17H2,1-4H3. The van der Waals surface area contributed by atoms with E-state index in [9.17, 15) is 4.39 Å². The van der Waals surface area contributed by atoms with Crippen LogP contribution in [0.4, 0.5) is 4.39 Å². The van der Waals surface area contributed by atoms with Gasteiger partial charge in [-0.15, -0.1) is 0 Å². The smallest absolute Gasteiger partial charge is 0.123 e. The summed E-state index contributed by atoms with van der Waals surface area (Å²) in [6, 6.07) is 7.22. The van der Waals surface area contributed by atoms with Crippen LogP contribution in [0.3, 0.4) is 0 Å². The molecule has 2 N–H and O–H groups in total. The summed E-state index contributed by atoms with van der Waals surface area (Å²) < 4.78 is 13.4. The Kier molecular flexibility index (Phi) is 5.76. The van der Waals surface area contributed by atoms with Crippen molar-refractivity contribution >= 4 is 0 Å². The second kappa shape index (κ2) is 6.86. The largest absolute Gasteiger partial charge is 0.326 e. The first-order chi connectivity index (χ1) is 8.47. The van der Waals surface area contributed by atoms with Crippen molar-refractivity contribution in [3.8, 4) is 0 Å². The highest BCUT2D eigenvalue weighted by Crippen LogP contribution is 2.26. The van der Waals surface area contributed by atoms with E-state index in [0.29, 0.717) is 6.04 Å². The molecule has 0 aliphatic rings. The lowest BCUT2D eigenvalue weighted by molar-refractivity contribution is 0.136. The Morgan fingerprint density at radius 3 is 2.39 bits per heavy atom. The molecule has 2 atom stereocenters. The van der Waals surface area contributed by atoms with Crippen molar-refractivity contribution in [3.05, 3.63) is 35.6 Å². The quantitative estimate of drug-likeness (QED) is 0.841. The van der Waals surface area contributed by atoms with E-state index in [-0.39, 0.29) is 17.9 Å². The average molecular weight is 252 g/mol. The van der Waals surface area contributed by atoms with E-state index < -0.39 is 0 Å². The summed E-state index contributed by atoms with van der Waals surface area (Å²) in [5, 5.41) is 0. The maximum atomic E-state index is 13.4. The van der Waals surface area contributed by atoms with Gasteiger partial charge in [-0.05, 0) is 51.4 Å². The number of nitrogens with zero attached hydrogens (tertiary/aromatic N) is 1. The Labute approximate surface area is 110 Å². The molecule has 0 heterocycles. The topological polar surface area (TPSA) is 29.3 Å². The normalized spacial score (nSPS) is 15.1. The van der Waals surface area contributed by atoms with Crippen LogP contribution in [0.15, 0.2) is 24.3 Å². The van der Waals surface area contributed by atoms with Crippen molar-refractivity contribution < 1.29 is 4.39 Å². The highest BCUT2D eigenvalue weighted by Gasteiger charge is 2.25. The van der Waals surface area contributed by atoms with Crippen LogP contribution in [0, 0.1) is 5.82 Å². The van der Waals surface area contributed by atoms with Gasteiger partial charge in [0, 0.05) is 18.1 Å². The maximum Gasteiger partial charge on any atom is 0.123 e. The van der Waals surface area contributed by atoms with Gasteiger partial charge in [0.05, 0.1) is 0 Å². The maximum absolute atomic E-state index is 13.4. The molecule has 0 radical (unpaired) electrons. The highest BCUT2D eigenvalue weighted by molar-refractivity contribution is 5.22. The molecule has 0 aromatic heterocycles. The first kappa shape index (κ1) is 15.1. The third-order valence-electron chi connectivity index (χ3n) is 3.19. The third-order valence-corrected chi connectivity index (χ3v) is 3.19. The van der Waals surface area contributed by atoms with Crippen molar-refractivity contribution in [1.29, 1.82) is 0 Å². The summed E-state index contributed by atoms with van der Waals surface area (Å²) >= 11 is 0. The Morgan fingerprint density at radius 1 is 1.28 bits per heavy atom. The highest BCUT2D eigenvalue weighted by atomic mass is 19.1. The molecule has 0 fully saturated rings. The molecule has 18 heavy (non-hydrogen) atoms. The minimum absolute atomic E-state index is 0.0271. The number of benzene rings is 1. The molecule has 0 amide bonds. The van der Waals surface area contributed by atoms with Crippen LogP contribution >= 0.6 is 0 Å². The molecule has 0 saturated carbocycles. The molecule has 3 heteroatoms. The monoisotopic (exact) mass is 252 g/mol. The van der Waals surface area contributed by atoms with Crippen molar-refractivity contribution in [2.45, 2.75) is 52.2 Å². The molecule has 1 aromatic rings. The predicted octanol–water partition coefficient (Wildman–Crippen LogP) is 3.33. The van der Waals surface area contributed by atoms with E-state index in [0.717, 1.165) is 18.5 Å². The van der Waals surface area contributed by atoms with Gasteiger partial charge in [0.25, 0.3) is 0 Å². The second-order valence-electron chi connectivity index (χ2n) is 5.19. The molecule has 2 unspecified atom stereocenters. The average Bonchev–Trinajstić information content (AvgIpc) is 2.27. The van der Waals surface area contributed by atoms with E-state index in [1.54, 1.807) is 12.1 Å². The van der Waals surface area contributed by atoms with E-state index in [2.05, 4.69) is 25.7 Å². The van der Waals surface area contributed by atoms with Gasteiger partial charge < -0.3 is 5.73 Å². The zero-order valence-electron chi connectivity index (χ0n) is 11.9. The molecule has 0 bridgehead atoms. The summed E-state index contributed by atoms with van der Waals surface area (Å²) in [4.78, 5) is 2.35. The summed E-state index contributed by atoms with van der Waals surface area (Å²) in [5.74, 6) is -0.196. The van der Waals surface area contributed by atoms with E-state index in [1.807, 2.05) is 13.0 Å². The fraction of sp³-hybridized carbons (Fsp3) is 0.600. The minimum Gasteiger partial charge on any atom is -0.326 e. The lowest BCUT2D eigenvalue weighted by Crippen LogP contribution is -2.43. The summed E-state index contributed by atoms with van der Waals surface area (Å²) in [7, 11) is 0.